The number of nitrogens with zero attached hydrogens (tertiary/aromatic N) is 4. The quantitative estimate of drug-likeness (QED) is 0.664. The van der Waals surface area contributed by atoms with E-state index in [1.54, 1.807) is 6.26 Å². The van der Waals surface area contributed by atoms with Gasteiger partial charge in [0.1, 0.15) is 17.9 Å². The van der Waals surface area contributed by atoms with Gasteiger partial charge in [-0.2, -0.15) is 0 Å². The average Bonchev–Trinajstić information content (AvgIpc) is 3.33. The molecule has 1 aliphatic heterocycles. The molecule has 0 spiro atoms. The van der Waals surface area contributed by atoms with Gasteiger partial charge in [-0.15, -0.1) is 0 Å². The summed E-state index contributed by atoms with van der Waals surface area (Å²) in [6.45, 7) is 2.82. The van der Waals surface area contributed by atoms with Crippen LogP contribution in [0.3, 0.4) is 0 Å². The summed E-state index contributed by atoms with van der Waals surface area (Å²) in [6.07, 6.45) is 4.01. The van der Waals surface area contributed by atoms with E-state index in [0.29, 0.717) is 18.1 Å². The van der Waals surface area contributed by atoms with Crippen molar-refractivity contribution in [3.63, 3.8) is 0 Å². The lowest BCUT2D eigenvalue weighted by atomic mass is 10.2. The molecule has 27 heavy (non-hydrogen) atoms. The SMILES string of the molecule is CN(Cc1ccon1)Cc1nc(NCC2CCCO2)c2ccc(Cl)cc2n1. The monoisotopic (exact) mass is 387 g/mol. The number of anilines is 1. The number of fused-ring (bicyclic) bond motifs is 1. The van der Waals surface area contributed by atoms with E-state index in [1.807, 2.05) is 31.3 Å². The average molecular weight is 388 g/mol. The Balaban J connectivity index is 1.55. The second-order valence-corrected chi connectivity index (χ2v) is 7.27. The van der Waals surface area contributed by atoms with E-state index in [9.17, 15) is 0 Å². The van der Waals surface area contributed by atoms with Gasteiger partial charge in [0, 0.05) is 36.2 Å². The van der Waals surface area contributed by atoms with Gasteiger partial charge >= 0.3 is 0 Å². The van der Waals surface area contributed by atoms with Crippen molar-refractivity contribution in [2.45, 2.75) is 32.0 Å². The lowest BCUT2D eigenvalue weighted by molar-refractivity contribution is 0.120. The normalized spacial score (nSPS) is 17.1. The third-order valence-electron chi connectivity index (χ3n) is 4.56. The van der Waals surface area contributed by atoms with Gasteiger partial charge in [-0.3, -0.25) is 4.90 Å². The van der Waals surface area contributed by atoms with Crippen LogP contribution in [0.5, 0.6) is 0 Å². The maximum absolute atomic E-state index is 6.17. The lowest BCUT2D eigenvalue weighted by Gasteiger charge is -2.17. The zero-order valence-corrected chi connectivity index (χ0v) is 15.9. The fraction of sp³-hybridized carbons (Fsp3) is 0.421. The molecule has 1 fully saturated rings. The standard InChI is InChI=1S/C19H22ClN5O2/c1-25(11-14-6-8-27-24-14)12-18-22-17-9-13(20)4-5-16(17)19(23-18)21-10-15-3-2-7-26-15/h4-6,8-9,15H,2-3,7,10-12H2,1H3,(H,21,22,23). The summed E-state index contributed by atoms with van der Waals surface area (Å²) in [5.41, 5.74) is 1.70. The molecular weight excluding hydrogens is 366 g/mol. The molecule has 0 radical (unpaired) electrons. The van der Waals surface area contributed by atoms with Crippen LogP contribution in [0.25, 0.3) is 10.9 Å². The molecule has 2 aromatic heterocycles. The van der Waals surface area contributed by atoms with Crippen molar-refractivity contribution in [1.82, 2.24) is 20.0 Å². The van der Waals surface area contributed by atoms with Gasteiger partial charge in [0.2, 0.25) is 0 Å². The molecule has 8 heteroatoms. The van der Waals surface area contributed by atoms with Gasteiger partial charge in [0.25, 0.3) is 0 Å². The summed E-state index contributed by atoms with van der Waals surface area (Å²) in [6, 6.07) is 7.54. The van der Waals surface area contributed by atoms with E-state index >= 15 is 0 Å². The van der Waals surface area contributed by atoms with Crippen molar-refractivity contribution >= 4 is 28.3 Å². The maximum Gasteiger partial charge on any atom is 0.145 e. The molecule has 0 amide bonds. The van der Waals surface area contributed by atoms with Crippen LogP contribution in [0.2, 0.25) is 5.02 Å². The Morgan fingerprint density at radius 2 is 2.19 bits per heavy atom. The Bertz CT molecular complexity index is 897. The van der Waals surface area contributed by atoms with Gasteiger partial charge in [-0.25, -0.2) is 9.97 Å². The van der Waals surface area contributed by atoms with Crippen molar-refractivity contribution in [1.29, 1.82) is 0 Å². The Kier molecular flexibility index (Phi) is 5.52. The van der Waals surface area contributed by atoms with E-state index < -0.39 is 0 Å². The summed E-state index contributed by atoms with van der Waals surface area (Å²) in [7, 11) is 2.00. The van der Waals surface area contributed by atoms with Crippen LogP contribution in [0.4, 0.5) is 5.82 Å². The van der Waals surface area contributed by atoms with E-state index in [4.69, 9.17) is 30.8 Å². The van der Waals surface area contributed by atoms with Crippen molar-refractivity contribution in [3.8, 4) is 0 Å². The molecule has 0 aliphatic carbocycles. The van der Waals surface area contributed by atoms with Gasteiger partial charge in [-0.05, 0) is 38.1 Å². The first-order valence-corrected chi connectivity index (χ1v) is 9.44. The zero-order valence-electron chi connectivity index (χ0n) is 15.2. The first-order chi connectivity index (χ1) is 13.2. The second kappa shape index (κ2) is 8.21. The van der Waals surface area contributed by atoms with Crippen LogP contribution in [0.1, 0.15) is 24.4 Å². The summed E-state index contributed by atoms with van der Waals surface area (Å²) in [5.74, 6) is 1.54. The molecule has 4 rings (SSSR count). The minimum absolute atomic E-state index is 0.237. The van der Waals surface area contributed by atoms with Crippen molar-refractivity contribution in [3.05, 3.63) is 47.1 Å². The number of rotatable bonds is 7. The summed E-state index contributed by atoms with van der Waals surface area (Å²) >= 11 is 6.17. The molecule has 1 saturated heterocycles. The van der Waals surface area contributed by atoms with Crippen LogP contribution in [0, 0.1) is 0 Å². The smallest absolute Gasteiger partial charge is 0.145 e. The van der Waals surface area contributed by atoms with Gasteiger partial charge in [0.05, 0.1) is 23.9 Å². The third-order valence-corrected chi connectivity index (χ3v) is 4.80. The molecule has 1 atom stereocenters. The fourth-order valence-electron chi connectivity index (χ4n) is 3.27. The first-order valence-electron chi connectivity index (χ1n) is 9.07. The number of nitrogens with one attached hydrogen (secondary N) is 1. The number of ether oxygens (including phenoxy) is 1. The minimum atomic E-state index is 0.237. The van der Waals surface area contributed by atoms with Gasteiger partial charge in [0.15, 0.2) is 0 Å². The molecule has 3 heterocycles. The Morgan fingerprint density at radius 1 is 1.26 bits per heavy atom. The molecule has 1 N–H and O–H groups in total. The summed E-state index contributed by atoms with van der Waals surface area (Å²) in [5, 5.41) is 9.01. The molecular formula is C19H22ClN5O2. The van der Waals surface area contributed by atoms with Crippen LogP contribution < -0.4 is 5.32 Å². The van der Waals surface area contributed by atoms with E-state index in [2.05, 4.69) is 15.4 Å². The van der Waals surface area contributed by atoms with E-state index in [1.165, 1.54) is 0 Å². The van der Waals surface area contributed by atoms with Crippen LogP contribution in [0.15, 0.2) is 35.1 Å². The van der Waals surface area contributed by atoms with Gasteiger partial charge in [-0.1, -0.05) is 16.8 Å². The first kappa shape index (κ1) is 18.2. The highest BCUT2D eigenvalue weighted by molar-refractivity contribution is 6.31. The molecule has 0 saturated carbocycles. The molecule has 1 aliphatic rings. The van der Waals surface area contributed by atoms with Crippen molar-refractivity contribution < 1.29 is 9.26 Å². The molecule has 3 aromatic rings. The Morgan fingerprint density at radius 3 is 2.96 bits per heavy atom. The highest BCUT2D eigenvalue weighted by atomic mass is 35.5. The van der Waals surface area contributed by atoms with Crippen molar-refractivity contribution in [2.75, 3.05) is 25.5 Å². The van der Waals surface area contributed by atoms with E-state index in [0.717, 1.165) is 54.2 Å². The number of hydrogen-bond donors (Lipinski definition) is 1. The number of benzene rings is 1. The topological polar surface area (TPSA) is 76.3 Å². The number of halogens is 1. The molecule has 142 valence electrons. The third kappa shape index (κ3) is 4.55. The van der Waals surface area contributed by atoms with Crippen molar-refractivity contribution in [2.24, 2.45) is 0 Å². The molecule has 0 bridgehead atoms. The molecule has 1 unspecified atom stereocenters. The highest BCUT2D eigenvalue weighted by Gasteiger charge is 2.17. The largest absolute Gasteiger partial charge is 0.376 e. The highest BCUT2D eigenvalue weighted by Crippen LogP contribution is 2.25. The predicted octanol–water partition coefficient (Wildman–Crippen LogP) is 3.49. The number of hydrogen-bond acceptors (Lipinski definition) is 7. The van der Waals surface area contributed by atoms with Crippen LogP contribution in [-0.4, -0.2) is 46.3 Å². The fourth-order valence-corrected chi connectivity index (χ4v) is 3.43. The Labute approximate surface area is 162 Å². The predicted molar refractivity (Wildman–Crippen MR) is 104 cm³/mol. The number of aromatic nitrogens is 3. The zero-order chi connectivity index (χ0) is 18.6. The lowest BCUT2D eigenvalue weighted by Crippen LogP contribution is -2.21. The van der Waals surface area contributed by atoms with Crippen LogP contribution >= 0.6 is 11.6 Å². The van der Waals surface area contributed by atoms with Crippen LogP contribution in [-0.2, 0) is 17.8 Å². The summed E-state index contributed by atoms with van der Waals surface area (Å²) in [4.78, 5) is 11.5. The minimum Gasteiger partial charge on any atom is -0.376 e. The second-order valence-electron chi connectivity index (χ2n) is 6.83. The molecule has 7 nitrogen and oxygen atoms in total. The van der Waals surface area contributed by atoms with Gasteiger partial charge < -0.3 is 14.6 Å². The summed E-state index contributed by atoms with van der Waals surface area (Å²) < 4.78 is 10.6. The Hall–Kier alpha value is -2.22. The maximum atomic E-state index is 6.17. The van der Waals surface area contributed by atoms with E-state index in [-0.39, 0.29) is 6.10 Å². The molecule has 1 aromatic carbocycles.